The van der Waals surface area contributed by atoms with Crippen molar-refractivity contribution in [1.82, 2.24) is 10.2 Å². The van der Waals surface area contributed by atoms with Crippen molar-refractivity contribution in [3.63, 3.8) is 0 Å². The molecule has 2 aromatic carbocycles. The summed E-state index contributed by atoms with van der Waals surface area (Å²) in [5, 5.41) is 3.01. The first-order valence-corrected chi connectivity index (χ1v) is 12.2. The minimum Gasteiger partial charge on any atom is -0.497 e. The van der Waals surface area contributed by atoms with Crippen LogP contribution in [-0.2, 0) is 16.0 Å². The second-order valence-electron chi connectivity index (χ2n) is 9.24. The molecular weight excluding hydrogens is 412 g/mol. The highest BCUT2D eigenvalue weighted by molar-refractivity contribution is 5.91. The number of aryl methyl sites for hydroxylation is 1. The van der Waals surface area contributed by atoms with Gasteiger partial charge in [0.2, 0.25) is 5.91 Å². The van der Waals surface area contributed by atoms with Gasteiger partial charge < -0.3 is 19.7 Å². The second kappa shape index (κ2) is 11.5. The van der Waals surface area contributed by atoms with E-state index >= 15 is 0 Å². The summed E-state index contributed by atoms with van der Waals surface area (Å²) in [4.78, 5) is 14.8. The van der Waals surface area contributed by atoms with Crippen LogP contribution in [0.5, 0.6) is 5.75 Å². The highest BCUT2D eigenvalue weighted by atomic mass is 16.5. The molecule has 176 valence electrons. The van der Waals surface area contributed by atoms with Crippen LogP contribution >= 0.6 is 0 Å². The van der Waals surface area contributed by atoms with E-state index in [1.807, 2.05) is 30.3 Å². The molecule has 1 spiro atoms. The normalized spacial score (nSPS) is 20.3. The SMILES string of the molecule is COc1ccc(C=CC(=O)NCC2CCC3(CCN(CCCc4ccccc4)CC3)O2)cc1. The minimum absolute atomic E-state index is 0.0181. The molecule has 33 heavy (non-hydrogen) atoms. The lowest BCUT2D eigenvalue weighted by molar-refractivity contribution is -0.118. The van der Waals surface area contributed by atoms with Crippen molar-refractivity contribution in [3.05, 3.63) is 71.8 Å². The Morgan fingerprint density at radius 1 is 1.12 bits per heavy atom. The largest absolute Gasteiger partial charge is 0.497 e. The van der Waals surface area contributed by atoms with Crippen LogP contribution < -0.4 is 10.1 Å². The molecule has 2 fully saturated rings. The number of methoxy groups -OCH3 is 1. The van der Waals surface area contributed by atoms with Gasteiger partial charge in [-0.2, -0.15) is 0 Å². The second-order valence-corrected chi connectivity index (χ2v) is 9.24. The number of nitrogens with zero attached hydrogens (tertiary/aromatic N) is 1. The topological polar surface area (TPSA) is 50.8 Å². The molecule has 2 aliphatic heterocycles. The molecule has 1 amide bonds. The number of hydrogen-bond acceptors (Lipinski definition) is 4. The molecule has 0 bridgehead atoms. The molecule has 2 aliphatic rings. The van der Waals surface area contributed by atoms with Gasteiger partial charge in [0.25, 0.3) is 0 Å². The van der Waals surface area contributed by atoms with Crippen molar-refractivity contribution < 1.29 is 14.3 Å². The van der Waals surface area contributed by atoms with Gasteiger partial charge in [-0.15, -0.1) is 0 Å². The van der Waals surface area contributed by atoms with E-state index in [4.69, 9.17) is 9.47 Å². The van der Waals surface area contributed by atoms with Crippen molar-refractivity contribution >= 4 is 12.0 Å². The fourth-order valence-electron chi connectivity index (χ4n) is 4.90. The lowest BCUT2D eigenvalue weighted by Crippen LogP contribution is -2.45. The molecule has 1 atom stereocenters. The van der Waals surface area contributed by atoms with E-state index in [1.165, 1.54) is 12.0 Å². The van der Waals surface area contributed by atoms with Crippen LogP contribution in [0.2, 0.25) is 0 Å². The summed E-state index contributed by atoms with van der Waals surface area (Å²) in [6.45, 7) is 3.95. The molecule has 4 rings (SSSR count). The number of piperidine rings is 1. The zero-order chi connectivity index (χ0) is 22.9. The highest BCUT2D eigenvalue weighted by Crippen LogP contribution is 2.38. The van der Waals surface area contributed by atoms with E-state index in [0.717, 1.165) is 63.1 Å². The summed E-state index contributed by atoms with van der Waals surface area (Å²) in [5.74, 6) is 0.727. The number of benzene rings is 2. The van der Waals surface area contributed by atoms with Crippen molar-refractivity contribution in [2.24, 2.45) is 0 Å². The monoisotopic (exact) mass is 448 g/mol. The number of amides is 1. The summed E-state index contributed by atoms with van der Waals surface area (Å²) in [6, 6.07) is 18.4. The average molecular weight is 449 g/mol. The van der Waals surface area contributed by atoms with Crippen LogP contribution in [0.25, 0.3) is 6.08 Å². The maximum Gasteiger partial charge on any atom is 0.244 e. The number of nitrogens with one attached hydrogen (secondary N) is 1. The quantitative estimate of drug-likeness (QED) is 0.575. The summed E-state index contributed by atoms with van der Waals surface area (Å²) in [7, 11) is 1.64. The Morgan fingerprint density at radius 2 is 1.88 bits per heavy atom. The highest BCUT2D eigenvalue weighted by Gasteiger charge is 2.42. The fourth-order valence-corrected chi connectivity index (χ4v) is 4.90. The smallest absolute Gasteiger partial charge is 0.244 e. The number of likely N-dealkylation sites (tertiary alicyclic amines) is 1. The molecule has 0 aliphatic carbocycles. The predicted octanol–water partition coefficient (Wildman–Crippen LogP) is 4.47. The Labute approximate surface area is 197 Å². The van der Waals surface area contributed by atoms with Crippen molar-refractivity contribution in [2.75, 3.05) is 33.3 Å². The van der Waals surface area contributed by atoms with Gasteiger partial charge in [0, 0.05) is 25.7 Å². The Balaban J connectivity index is 1.13. The molecule has 0 radical (unpaired) electrons. The molecule has 0 aromatic heterocycles. The minimum atomic E-state index is -0.0800. The molecular formula is C28H36N2O3. The van der Waals surface area contributed by atoms with E-state index in [9.17, 15) is 4.79 Å². The molecule has 1 N–H and O–H groups in total. The number of ether oxygens (including phenoxy) is 2. The van der Waals surface area contributed by atoms with Crippen LogP contribution in [0.15, 0.2) is 60.7 Å². The first-order chi connectivity index (χ1) is 16.1. The molecule has 2 heterocycles. The summed E-state index contributed by atoms with van der Waals surface area (Å²) in [6.07, 6.45) is 10.2. The van der Waals surface area contributed by atoms with Gasteiger partial charge >= 0.3 is 0 Å². The van der Waals surface area contributed by atoms with Crippen LogP contribution in [0, 0.1) is 0 Å². The molecule has 2 saturated heterocycles. The predicted molar refractivity (Wildman–Crippen MR) is 132 cm³/mol. The molecule has 5 nitrogen and oxygen atoms in total. The van der Waals surface area contributed by atoms with Crippen LogP contribution in [0.1, 0.15) is 43.2 Å². The number of carbonyl (C=O) groups is 1. The maximum absolute atomic E-state index is 12.2. The number of rotatable bonds is 9. The molecule has 1 unspecified atom stereocenters. The van der Waals surface area contributed by atoms with E-state index in [0.29, 0.717) is 6.54 Å². The lowest BCUT2D eigenvalue weighted by Gasteiger charge is -2.39. The van der Waals surface area contributed by atoms with Crippen LogP contribution in [0.4, 0.5) is 0 Å². The third-order valence-corrected chi connectivity index (χ3v) is 6.94. The lowest BCUT2D eigenvalue weighted by atomic mass is 9.88. The fraction of sp³-hybridized carbons (Fsp3) is 0.464. The Kier molecular flexibility index (Phi) is 8.19. The summed E-state index contributed by atoms with van der Waals surface area (Å²) in [5.41, 5.74) is 2.41. The van der Waals surface area contributed by atoms with Crippen molar-refractivity contribution in [1.29, 1.82) is 0 Å². The molecule has 5 heteroatoms. The van der Waals surface area contributed by atoms with Gasteiger partial charge in [0.05, 0.1) is 18.8 Å². The Morgan fingerprint density at radius 3 is 2.61 bits per heavy atom. The molecule has 0 saturated carbocycles. The van der Waals surface area contributed by atoms with E-state index in [1.54, 1.807) is 13.2 Å². The van der Waals surface area contributed by atoms with Crippen LogP contribution in [0.3, 0.4) is 0 Å². The van der Waals surface area contributed by atoms with Gasteiger partial charge in [0.1, 0.15) is 5.75 Å². The van der Waals surface area contributed by atoms with Gasteiger partial charge in [0.15, 0.2) is 0 Å². The maximum atomic E-state index is 12.2. The Hall–Kier alpha value is -2.63. The molecule has 2 aromatic rings. The van der Waals surface area contributed by atoms with Crippen molar-refractivity contribution in [3.8, 4) is 5.75 Å². The van der Waals surface area contributed by atoms with Gasteiger partial charge in [-0.1, -0.05) is 42.5 Å². The zero-order valence-corrected chi connectivity index (χ0v) is 19.7. The summed E-state index contributed by atoms with van der Waals surface area (Å²) >= 11 is 0. The average Bonchev–Trinajstić information content (AvgIpc) is 3.26. The zero-order valence-electron chi connectivity index (χ0n) is 19.7. The van der Waals surface area contributed by atoms with E-state index in [-0.39, 0.29) is 17.6 Å². The standard InChI is InChI=1S/C28H36N2O3/c1-32-25-12-9-24(10-13-25)11-14-27(31)29-22-26-15-16-28(33-26)17-20-30(21-18-28)19-5-8-23-6-3-2-4-7-23/h2-4,6-7,9-14,26H,5,8,15-22H2,1H3,(H,29,31). The van der Waals surface area contributed by atoms with E-state index in [2.05, 4.69) is 40.5 Å². The van der Waals surface area contributed by atoms with E-state index < -0.39 is 0 Å². The van der Waals surface area contributed by atoms with Gasteiger partial charge in [-0.25, -0.2) is 0 Å². The van der Waals surface area contributed by atoms with Crippen LogP contribution in [-0.4, -0.2) is 55.8 Å². The van der Waals surface area contributed by atoms with Crippen molar-refractivity contribution in [2.45, 2.75) is 50.2 Å². The number of carbonyl (C=O) groups excluding carboxylic acids is 1. The van der Waals surface area contributed by atoms with Gasteiger partial charge in [-0.3, -0.25) is 4.79 Å². The summed E-state index contributed by atoms with van der Waals surface area (Å²) < 4.78 is 11.6. The Bertz CT molecular complexity index is 902. The number of hydrogen-bond donors (Lipinski definition) is 1. The third kappa shape index (κ3) is 6.92. The first kappa shape index (κ1) is 23.5. The first-order valence-electron chi connectivity index (χ1n) is 12.2. The van der Waals surface area contributed by atoms with Gasteiger partial charge in [-0.05, 0) is 74.4 Å². The third-order valence-electron chi connectivity index (χ3n) is 6.94.